The summed E-state index contributed by atoms with van der Waals surface area (Å²) in [6.45, 7) is 2.99. The summed E-state index contributed by atoms with van der Waals surface area (Å²) >= 11 is 1.45. The van der Waals surface area contributed by atoms with E-state index in [4.69, 9.17) is 4.74 Å². The smallest absolute Gasteiger partial charge is 0.343 e. The van der Waals surface area contributed by atoms with Gasteiger partial charge in [-0.3, -0.25) is 0 Å². The summed E-state index contributed by atoms with van der Waals surface area (Å²) in [5, 5.41) is 3.88. The Morgan fingerprint density at radius 2 is 2.39 bits per heavy atom. The van der Waals surface area contributed by atoms with Crippen LogP contribution in [0.3, 0.4) is 0 Å². The van der Waals surface area contributed by atoms with Crippen molar-refractivity contribution < 1.29 is 9.53 Å². The molecule has 0 unspecified atom stereocenters. The fraction of sp³-hybridized carbons (Fsp3) is 0.583. The quantitative estimate of drug-likeness (QED) is 0.484. The third-order valence-electron chi connectivity index (χ3n) is 2.70. The first-order valence-corrected chi connectivity index (χ1v) is 7.29. The molecule has 1 fully saturated rings. The zero-order chi connectivity index (χ0) is 13.0. The molecule has 0 bridgehead atoms. The van der Waals surface area contributed by atoms with Crippen molar-refractivity contribution in [3.63, 3.8) is 0 Å². The van der Waals surface area contributed by atoms with Crippen molar-refractivity contribution in [2.45, 2.75) is 24.9 Å². The van der Waals surface area contributed by atoms with Gasteiger partial charge in [0.1, 0.15) is 11.4 Å². The second-order valence-electron chi connectivity index (χ2n) is 4.16. The molecule has 1 N–H and O–H groups in total. The van der Waals surface area contributed by atoms with E-state index in [1.54, 1.807) is 6.92 Å². The summed E-state index contributed by atoms with van der Waals surface area (Å²) in [5.41, 5.74) is 0.412. The molecular formula is C12H17N3O2S. The van der Waals surface area contributed by atoms with Gasteiger partial charge in [-0.25, -0.2) is 14.8 Å². The molecule has 2 rings (SSSR count). The molecule has 0 radical (unpaired) electrons. The number of aromatic nitrogens is 2. The minimum Gasteiger partial charge on any atom is -0.462 e. The maximum absolute atomic E-state index is 11.8. The minimum absolute atomic E-state index is 0.352. The number of hydrogen-bond donors (Lipinski definition) is 1. The van der Waals surface area contributed by atoms with E-state index in [0.29, 0.717) is 29.1 Å². The molecular weight excluding hydrogens is 250 g/mol. The van der Waals surface area contributed by atoms with Crippen LogP contribution in [0, 0.1) is 5.92 Å². The Kier molecular flexibility index (Phi) is 4.41. The molecule has 1 aromatic rings. The number of hydrogen-bond acceptors (Lipinski definition) is 6. The van der Waals surface area contributed by atoms with Gasteiger partial charge in [-0.2, -0.15) is 0 Å². The fourth-order valence-corrected chi connectivity index (χ4v) is 1.86. The maximum atomic E-state index is 11.8. The van der Waals surface area contributed by atoms with E-state index in [0.717, 1.165) is 6.54 Å². The molecule has 0 aliphatic heterocycles. The van der Waals surface area contributed by atoms with Gasteiger partial charge in [-0.05, 0) is 31.9 Å². The van der Waals surface area contributed by atoms with Crippen molar-refractivity contribution >= 4 is 23.5 Å². The second-order valence-corrected chi connectivity index (χ2v) is 4.94. The van der Waals surface area contributed by atoms with Crippen molar-refractivity contribution in [2.75, 3.05) is 24.7 Å². The monoisotopic (exact) mass is 267 g/mol. The Morgan fingerprint density at radius 3 is 3.00 bits per heavy atom. The molecule has 1 aromatic heterocycles. The van der Waals surface area contributed by atoms with Crippen LogP contribution in [0.2, 0.25) is 0 Å². The number of carbonyl (C=O) groups excluding carboxylic acids is 1. The lowest BCUT2D eigenvalue weighted by molar-refractivity contribution is 0.0526. The van der Waals surface area contributed by atoms with E-state index in [1.165, 1.54) is 30.8 Å². The molecule has 5 nitrogen and oxygen atoms in total. The van der Waals surface area contributed by atoms with Crippen LogP contribution in [0.1, 0.15) is 30.1 Å². The van der Waals surface area contributed by atoms with Crippen LogP contribution in [-0.2, 0) is 4.74 Å². The summed E-state index contributed by atoms with van der Waals surface area (Å²) in [4.78, 5) is 20.2. The SMILES string of the molecule is CCOC(=O)c1cnc(SC)nc1NCC1CC1. The number of thioether (sulfide) groups is 1. The van der Waals surface area contributed by atoms with Gasteiger partial charge in [0.05, 0.1) is 6.61 Å². The van der Waals surface area contributed by atoms with Gasteiger partial charge in [0.2, 0.25) is 0 Å². The Hall–Kier alpha value is -1.30. The first-order valence-electron chi connectivity index (χ1n) is 6.06. The zero-order valence-electron chi connectivity index (χ0n) is 10.6. The Balaban J connectivity index is 2.16. The van der Waals surface area contributed by atoms with E-state index in [1.807, 2.05) is 6.26 Å². The Bertz CT molecular complexity index is 435. The zero-order valence-corrected chi connectivity index (χ0v) is 11.4. The maximum Gasteiger partial charge on any atom is 0.343 e. The second kappa shape index (κ2) is 6.04. The summed E-state index contributed by atoms with van der Waals surface area (Å²) in [7, 11) is 0. The Labute approximate surface area is 111 Å². The predicted octanol–water partition coefficient (Wildman–Crippen LogP) is 2.20. The third kappa shape index (κ3) is 3.35. The highest BCUT2D eigenvalue weighted by atomic mass is 32.2. The summed E-state index contributed by atoms with van der Waals surface area (Å²) < 4.78 is 5.00. The average molecular weight is 267 g/mol. The van der Waals surface area contributed by atoms with Crippen LogP contribution in [-0.4, -0.2) is 35.3 Å². The van der Waals surface area contributed by atoms with Crippen LogP contribution in [0.15, 0.2) is 11.4 Å². The van der Waals surface area contributed by atoms with Gasteiger partial charge >= 0.3 is 5.97 Å². The van der Waals surface area contributed by atoms with Gasteiger partial charge in [0.25, 0.3) is 0 Å². The number of rotatable bonds is 6. The molecule has 6 heteroatoms. The first-order chi connectivity index (χ1) is 8.74. The summed E-state index contributed by atoms with van der Waals surface area (Å²) in [6.07, 6.45) is 5.94. The van der Waals surface area contributed by atoms with E-state index >= 15 is 0 Å². The summed E-state index contributed by atoms with van der Waals surface area (Å²) in [6, 6.07) is 0. The topological polar surface area (TPSA) is 64.1 Å². The van der Waals surface area contributed by atoms with Crippen LogP contribution >= 0.6 is 11.8 Å². The lowest BCUT2D eigenvalue weighted by Crippen LogP contribution is -2.14. The molecule has 1 heterocycles. The number of esters is 1. The molecule has 98 valence electrons. The third-order valence-corrected chi connectivity index (χ3v) is 3.26. The highest BCUT2D eigenvalue weighted by molar-refractivity contribution is 7.98. The largest absolute Gasteiger partial charge is 0.462 e. The van der Waals surface area contributed by atoms with Gasteiger partial charge < -0.3 is 10.1 Å². The molecule has 0 atom stereocenters. The van der Waals surface area contributed by atoms with E-state index < -0.39 is 0 Å². The normalized spacial score (nSPS) is 14.3. The van der Waals surface area contributed by atoms with Crippen molar-refractivity contribution in [2.24, 2.45) is 5.92 Å². The average Bonchev–Trinajstić information content (AvgIpc) is 3.20. The standard InChI is InChI=1S/C12H17N3O2S/c1-3-17-11(16)9-7-14-12(18-2)15-10(9)13-6-8-4-5-8/h7-8H,3-6H2,1-2H3,(H,13,14,15). The molecule has 0 spiro atoms. The molecule has 0 amide bonds. The molecule has 18 heavy (non-hydrogen) atoms. The lowest BCUT2D eigenvalue weighted by Gasteiger charge is -2.10. The van der Waals surface area contributed by atoms with Gasteiger partial charge in [-0.15, -0.1) is 0 Å². The highest BCUT2D eigenvalue weighted by Crippen LogP contribution is 2.29. The first kappa shape index (κ1) is 13.1. The van der Waals surface area contributed by atoms with Crippen LogP contribution in [0.4, 0.5) is 5.82 Å². The highest BCUT2D eigenvalue weighted by Gasteiger charge is 2.22. The molecule has 1 aliphatic rings. The van der Waals surface area contributed by atoms with Crippen LogP contribution in [0.25, 0.3) is 0 Å². The van der Waals surface area contributed by atoms with Crippen molar-refractivity contribution in [1.82, 2.24) is 9.97 Å². The van der Waals surface area contributed by atoms with Gasteiger partial charge in [0, 0.05) is 12.7 Å². The van der Waals surface area contributed by atoms with Crippen molar-refractivity contribution in [3.8, 4) is 0 Å². The summed E-state index contributed by atoms with van der Waals surface area (Å²) in [5.74, 6) is 0.927. The molecule has 1 aliphatic carbocycles. The van der Waals surface area contributed by atoms with E-state index in [9.17, 15) is 4.79 Å². The Morgan fingerprint density at radius 1 is 1.61 bits per heavy atom. The number of anilines is 1. The predicted molar refractivity (Wildman–Crippen MR) is 71.0 cm³/mol. The van der Waals surface area contributed by atoms with E-state index in [2.05, 4.69) is 15.3 Å². The van der Waals surface area contributed by atoms with Crippen LogP contribution < -0.4 is 5.32 Å². The number of ether oxygens (including phenoxy) is 1. The number of carbonyl (C=O) groups is 1. The number of nitrogens with zero attached hydrogens (tertiary/aromatic N) is 2. The molecule has 0 aromatic carbocycles. The van der Waals surface area contributed by atoms with Crippen molar-refractivity contribution in [1.29, 1.82) is 0 Å². The fourth-order valence-electron chi connectivity index (χ4n) is 1.52. The number of nitrogens with one attached hydrogen (secondary N) is 1. The van der Waals surface area contributed by atoms with E-state index in [-0.39, 0.29) is 5.97 Å². The van der Waals surface area contributed by atoms with Gasteiger partial charge in [-0.1, -0.05) is 11.8 Å². The van der Waals surface area contributed by atoms with Gasteiger partial charge in [0.15, 0.2) is 5.16 Å². The lowest BCUT2D eigenvalue weighted by atomic mass is 10.3. The molecule has 0 saturated heterocycles. The molecule has 1 saturated carbocycles. The van der Waals surface area contributed by atoms with Crippen LogP contribution in [0.5, 0.6) is 0 Å². The van der Waals surface area contributed by atoms with Crippen molar-refractivity contribution in [3.05, 3.63) is 11.8 Å². The minimum atomic E-state index is -0.372.